The second kappa shape index (κ2) is 6.14. The maximum Gasteiger partial charge on any atom is 0.354 e. The third-order valence-corrected chi connectivity index (χ3v) is 2.82. The fourth-order valence-electron chi connectivity index (χ4n) is 1.91. The molecule has 2 rings (SSSR count). The van der Waals surface area contributed by atoms with Crippen LogP contribution in [0.4, 0.5) is 10.2 Å². The third kappa shape index (κ3) is 3.78. The molecule has 104 valence electrons. The Morgan fingerprint density at radius 3 is 2.65 bits per heavy atom. The summed E-state index contributed by atoms with van der Waals surface area (Å²) in [5, 5.41) is 12.0. The van der Waals surface area contributed by atoms with Crippen molar-refractivity contribution in [1.29, 1.82) is 0 Å². The van der Waals surface area contributed by atoms with Gasteiger partial charge in [-0.1, -0.05) is 18.2 Å². The molecule has 1 aromatic heterocycles. The first-order valence-electron chi connectivity index (χ1n) is 6.26. The normalized spacial score (nSPS) is 11.9. The van der Waals surface area contributed by atoms with Crippen LogP contribution in [0.15, 0.2) is 42.5 Å². The van der Waals surface area contributed by atoms with E-state index in [1.807, 2.05) is 6.92 Å². The molecule has 0 spiro atoms. The van der Waals surface area contributed by atoms with Crippen molar-refractivity contribution in [3.8, 4) is 0 Å². The largest absolute Gasteiger partial charge is 0.477 e. The molecule has 0 fully saturated rings. The van der Waals surface area contributed by atoms with Crippen LogP contribution < -0.4 is 5.32 Å². The van der Waals surface area contributed by atoms with Gasteiger partial charge in [-0.2, -0.15) is 0 Å². The summed E-state index contributed by atoms with van der Waals surface area (Å²) in [5.41, 5.74) is 1.00. The lowest BCUT2D eigenvalue weighted by Crippen LogP contribution is -2.19. The Bertz CT molecular complexity index is 599. The number of halogens is 1. The molecule has 20 heavy (non-hydrogen) atoms. The van der Waals surface area contributed by atoms with E-state index >= 15 is 0 Å². The zero-order valence-corrected chi connectivity index (χ0v) is 11.0. The predicted octanol–water partition coefficient (Wildman–Crippen LogP) is 2.96. The van der Waals surface area contributed by atoms with Crippen molar-refractivity contribution in [2.45, 2.75) is 19.4 Å². The molecular formula is C15H15FN2O2. The first-order valence-corrected chi connectivity index (χ1v) is 6.26. The summed E-state index contributed by atoms with van der Waals surface area (Å²) < 4.78 is 12.8. The van der Waals surface area contributed by atoms with Crippen molar-refractivity contribution < 1.29 is 14.3 Å². The van der Waals surface area contributed by atoms with Crippen LogP contribution in [-0.4, -0.2) is 22.1 Å². The van der Waals surface area contributed by atoms with E-state index in [1.54, 1.807) is 24.3 Å². The number of aromatic carboxylic acids is 1. The van der Waals surface area contributed by atoms with Crippen LogP contribution in [0.5, 0.6) is 0 Å². The lowest BCUT2D eigenvalue weighted by atomic mass is 10.1. The number of nitrogens with one attached hydrogen (secondary N) is 1. The van der Waals surface area contributed by atoms with E-state index in [4.69, 9.17) is 5.11 Å². The summed E-state index contributed by atoms with van der Waals surface area (Å²) in [4.78, 5) is 14.8. The molecule has 0 aliphatic heterocycles. The lowest BCUT2D eigenvalue weighted by molar-refractivity contribution is 0.0690. The topological polar surface area (TPSA) is 62.2 Å². The Morgan fingerprint density at radius 2 is 2.00 bits per heavy atom. The number of carboxylic acids is 1. The Morgan fingerprint density at radius 1 is 1.30 bits per heavy atom. The summed E-state index contributed by atoms with van der Waals surface area (Å²) in [6.07, 6.45) is 0.694. The highest BCUT2D eigenvalue weighted by atomic mass is 19.1. The molecule has 4 nitrogen and oxygen atoms in total. The quantitative estimate of drug-likeness (QED) is 0.880. The smallest absolute Gasteiger partial charge is 0.354 e. The van der Waals surface area contributed by atoms with Gasteiger partial charge in [0, 0.05) is 6.04 Å². The maximum absolute atomic E-state index is 12.8. The molecule has 0 saturated heterocycles. The SMILES string of the molecule is CC(Cc1ccc(F)cc1)Nc1cccc(C(=O)O)n1. The Balaban J connectivity index is 2.00. The zero-order chi connectivity index (χ0) is 14.5. The fourth-order valence-corrected chi connectivity index (χ4v) is 1.91. The molecule has 2 aromatic rings. The van der Waals surface area contributed by atoms with Crippen LogP contribution in [0.1, 0.15) is 23.0 Å². The Hall–Kier alpha value is -2.43. The molecule has 0 saturated carbocycles. The molecule has 1 atom stereocenters. The maximum atomic E-state index is 12.8. The minimum atomic E-state index is -1.06. The molecule has 0 bridgehead atoms. The summed E-state index contributed by atoms with van der Waals surface area (Å²) in [6, 6.07) is 11.2. The highest BCUT2D eigenvalue weighted by Gasteiger charge is 2.08. The van der Waals surface area contributed by atoms with Gasteiger partial charge < -0.3 is 10.4 Å². The number of carboxylic acid groups (broad SMARTS) is 1. The number of aromatic nitrogens is 1. The number of hydrogen-bond donors (Lipinski definition) is 2. The Labute approximate surface area is 116 Å². The first-order chi connectivity index (χ1) is 9.54. The predicted molar refractivity (Wildman–Crippen MR) is 74.4 cm³/mol. The van der Waals surface area contributed by atoms with E-state index < -0.39 is 5.97 Å². The van der Waals surface area contributed by atoms with Crippen LogP contribution in [0.3, 0.4) is 0 Å². The number of anilines is 1. The monoisotopic (exact) mass is 274 g/mol. The second-order valence-corrected chi connectivity index (χ2v) is 4.59. The van der Waals surface area contributed by atoms with Crippen molar-refractivity contribution >= 4 is 11.8 Å². The zero-order valence-electron chi connectivity index (χ0n) is 11.0. The highest BCUT2D eigenvalue weighted by molar-refractivity contribution is 5.85. The highest BCUT2D eigenvalue weighted by Crippen LogP contribution is 2.11. The van der Waals surface area contributed by atoms with E-state index in [2.05, 4.69) is 10.3 Å². The van der Waals surface area contributed by atoms with Gasteiger partial charge in [0.15, 0.2) is 5.69 Å². The van der Waals surface area contributed by atoms with Gasteiger partial charge in [-0.25, -0.2) is 14.2 Å². The summed E-state index contributed by atoms with van der Waals surface area (Å²) in [5.74, 6) is -0.801. The lowest BCUT2D eigenvalue weighted by Gasteiger charge is -2.14. The second-order valence-electron chi connectivity index (χ2n) is 4.59. The van der Waals surface area contributed by atoms with E-state index in [9.17, 15) is 9.18 Å². The van der Waals surface area contributed by atoms with Gasteiger partial charge >= 0.3 is 5.97 Å². The van der Waals surface area contributed by atoms with Gasteiger partial charge in [-0.15, -0.1) is 0 Å². The summed E-state index contributed by atoms with van der Waals surface area (Å²) >= 11 is 0. The molecule has 2 N–H and O–H groups in total. The average molecular weight is 274 g/mol. The number of pyridine rings is 1. The minimum Gasteiger partial charge on any atom is -0.477 e. The minimum absolute atomic E-state index is 0.00369. The van der Waals surface area contributed by atoms with Gasteiger partial charge in [-0.05, 0) is 43.2 Å². The van der Waals surface area contributed by atoms with Crippen LogP contribution >= 0.6 is 0 Å². The average Bonchev–Trinajstić information content (AvgIpc) is 2.41. The van der Waals surface area contributed by atoms with Crippen molar-refractivity contribution in [3.63, 3.8) is 0 Å². The van der Waals surface area contributed by atoms with E-state index in [1.165, 1.54) is 18.2 Å². The first kappa shape index (κ1) is 14.0. The van der Waals surface area contributed by atoms with E-state index in [0.717, 1.165) is 5.56 Å². The Kier molecular flexibility index (Phi) is 4.30. The molecule has 0 radical (unpaired) electrons. The van der Waals surface area contributed by atoms with Crippen molar-refractivity contribution in [1.82, 2.24) is 4.98 Å². The van der Waals surface area contributed by atoms with E-state index in [0.29, 0.717) is 12.2 Å². The van der Waals surface area contributed by atoms with Crippen molar-refractivity contribution in [2.75, 3.05) is 5.32 Å². The molecule has 1 unspecified atom stereocenters. The molecule has 0 aliphatic rings. The molecule has 0 aliphatic carbocycles. The van der Waals surface area contributed by atoms with Gasteiger partial charge in [-0.3, -0.25) is 0 Å². The summed E-state index contributed by atoms with van der Waals surface area (Å²) in [7, 11) is 0. The molecule has 1 aromatic carbocycles. The van der Waals surface area contributed by atoms with Gasteiger partial charge in [0.25, 0.3) is 0 Å². The molecule has 1 heterocycles. The van der Waals surface area contributed by atoms with Gasteiger partial charge in [0.2, 0.25) is 0 Å². The van der Waals surface area contributed by atoms with Crippen LogP contribution in [0, 0.1) is 5.82 Å². The van der Waals surface area contributed by atoms with Crippen LogP contribution in [-0.2, 0) is 6.42 Å². The molecule has 5 heteroatoms. The van der Waals surface area contributed by atoms with Crippen LogP contribution in [0.2, 0.25) is 0 Å². The van der Waals surface area contributed by atoms with Crippen molar-refractivity contribution in [2.24, 2.45) is 0 Å². The standard InChI is InChI=1S/C15H15FN2O2/c1-10(9-11-5-7-12(16)8-6-11)17-14-4-2-3-13(18-14)15(19)20/h2-8,10H,9H2,1H3,(H,17,18)(H,19,20). The molecule has 0 amide bonds. The van der Waals surface area contributed by atoms with Crippen LogP contribution in [0.25, 0.3) is 0 Å². The number of benzene rings is 1. The van der Waals surface area contributed by atoms with Gasteiger partial charge in [0.05, 0.1) is 0 Å². The summed E-state index contributed by atoms with van der Waals surface area (Å²) in [6.45, 7) is 1.96. The van der Waals surface area contributed by atoms with Crippen molar-refractivity contribution in [3.05, 3.63) is 59.5 Å². The third-order valence-electron chi connectivity index (χ3n) is 2.82. The fraction of sp³-hybridized carbons (Fsp3) is 0.200. The van der Waals surface area contributed by atoms with Gasteiger partial charge in [0.1, 0.15) is 11.6 Å². The number of rotatable bonds is 5. The number of nitrogens with zero attached hydrogens (tertiary/aromatic N) is 1. The number of hydrogen-bond acceptors (Lipinski definition) is 3. The molecular weight excluding hydrogens is 259 g/mol. The van der Waals surface area contributed by atoms with E-state index in [-0.39, 0.29) is 17.6 Å². The number of carbonyl (C=O) groups is 1.